The third-order valence-electron chi connectivity index (χ3n) is 3.18. The quantitative estimate of drug-likeness (QED) is 0.726. The van der Waals surface area contributed by atoms with Gasteiger partial charge in [-0.3, -0.25) is 0 Å². The monoisotopic (exact) mass is 344 g/mol. The summed E-state index contributed by atoms with van der Waals surface area (Å²) in [6.45, 7) is 0.229. The lowest BCUT2D eigenvalue weighted by Gasteiger charge is -2.11. The summed E-state index contributed by atoms with van der Waals surface area (Å²) in [5, 5.41) is 3.50. The average Bonchev–Trinajstić information content (AvgIpc) is 2.54. The number of ether oxygens (including phenoxy) is 1. The van der Waals surface area contributed by atoms with E-state index >= 15 is 0 Å². The molecule has 0 unspecified atom stereocenters. The van der Waals surface area contributed by atoms with E-state index in [4.69, 9.17) is 22.1 Å². The van der Waals surface area contributed by atoms with Gasteiger partial charge in [0, 0.05) is 11.8 Å². The van der Waals surface area contributed by atoms with Crippen molar-refractivity contribution in [2.75, 3.05) is 11.1 Å². The molecule has 0 radical (unpaired) electrons. The topological polar surface area (TPSA) is 73.1 Å². The molecule has 0 atom stereocenters. The summed E-state index contributed by atoms with van der Waals surface area (Å²) in [6, 6.07) is 13.1. The maximum Gasteiger partial charge on any atom is 0.138 e. The van der Waals surface area contributed by atoms with Crippen molar-refractivity contribution in [2.45, 2.75) is 6.61 Å². The maximum absolute atomic E-state index is 13.2. The molecule has 7 heteroatoms. The van der Waals surface area contributed by atoms with E-state index in [-0.39, 0.29) is 12.4 Å². The highest BCUT2D eigenvalue weighted by Crippen LogP contribution is 2.29. The fourth-order valence-electron chi connectivity index (χ4n) is 2.07. The van der Waals surface area contributed by atoms with E-state index < -0.39 is 0 Å². The van der Waals surface area contributed by atoms with Crippen LogP contribution in [0.4, 0.5) is 21.7 Å². The summed E-state index contributed by atoms with van der Waals surface area (Å²) < 4.78 is 18.8. The number of nitrogens with one attached hydrogen (secondary N) is 1. The number of nitrogens with two attached hydrogens (primary N) is 1. The van der Waals surface area contributed by atoms with Gasteiger partial charge in [-0.05, 0) is 35.9 Å². The number of aromatic nitrogens is 2. The third kappa shape index (κ3) is 4.11. The molecule has 2 aromatic carbocycles. The second-order valence-corrected chi connectivity index (χ2v) is 5.42. The number of hydrogen-bond acceptors (Lipinski definition) is 5. The van der Waals surface area contributed by atoms with Gasteiger partial charge in [0.05, 0.1) is 5.02 Å². The van der Waals surface area contributed by atoms with Crippen LogP contribution in [0, 0.1) is 5.82 Å². The first-order valence-electron chi connectivity index (χ1n) is 7.11. The Kier molecular flexibility index (Phi) is 4.77. The molecule has 5 nitrogen and oxygen atoms in total. The minimum absolute atomic E-state index is 0.229. The van der Waals surface area contributed by atoms with Crippen LogP contribution in [0.15, 0.2) is 54.9 Å². The van der Waals surface area contributed by atoms with Crippen molar-refractivity contribution in [1.29, 1.82) is 0 Å². The van der Waals surface area contributed by atoms with Crippen LogP contribution in [0.25, 0.3) is 0 Å². The zero-order valence-corrected chi connectivity index (χ0v) is 13.3. The van der Waals surface area contributed by atoms with E-state index in [9.17, 15) is 4.39 Å². The molecule has 0 saturated carbocycles. The molecule has 122 valence electrons. The minimum atomic E-state index is -0.300. The van der Waals surface area contributed by atoms with Crippen LogP contribution in [0.3, 0.4) is 0 Å². The SMILES string of the molecule is Nc1cc(Nc2ccc(OCc3cccc(F)c3)c(Cl)c2)ncn1. The van der Waals surface area contributed by atoms with Crippen LogP contribution in [0.2, 0.25) is 5.02 Å². The molecule has 0 amide bonds. The van der Waals surface area contributed by atoms with Crippen molar-refractivity contribution >= 4 is 28.9 Å². The fraction of sp³-hybridized carbons (Fsp3) is 0.0588. The highest BCUT2D eigenvalue weighted by molar-refractivity contribution is 6.32. The Bertz CT molecular complexity index is 859. The average molecular weight is 345 g/mol. The Morgan fingerprint density at radius 1 is 1.12 bits per heavy atom. The molecule has 3 aromatic rings. The van der Waals surface area contributed by atoms with Gasteiger partial charge in [-0.1, -0.05) is 23.7 Å². The number of anilines is 3. The van der Waals surface area contributed by atoms with Crippen LogP contribution in [0.5, 0.6) is 5.75 Å². The standard InChI is InChI=1S/C17H14ClFN4O/c18-14-7-13(23-17-8-16(20)21-10-22-17)4-5-15(14)24-9-11-2-1-3-12(19)6-11/h1-8,10H,9H2,(H3,20,21,22,23). The zero-order chi connectivity index (χ0) is 16.9. The number of nitrogens with zero attached hydrogens (tertiary/aromatic N) is 2. The van der Waals surface area contributed by atoms with Gasteiger partial charge in [0.2, 0.25) is 0 Å². The molecule has 0 aliphatic rings. The Balaban J connectivity index is 1.68. The number of benzene rings is 2. The van der Waals surface area contributed by atoms with Crippen LogP contribution < -0.4 is 15.8 Å². The maximum atomic E-state index is 13.2. The Morgan fingerprint density at radius 2 is 2.00 bits per heavy atom. The van der Waals surface area contributed by atoms with Gasteiger partial charge in [0.25, 0.3) is 0 Å². The summed E-state index contributed by atoms with van der Waals surface area (Å²) in [7, 11) is 0. The van der Waals surface area contributed by atoms with Crippen LogP contribution in [-0.4, -0.2) is 9.97 Å². The fourth-order valence-corrected chi connectivity index (χ4v) is 2.31. The predicted molar refractivity (Wildman–Crippen MR) is 91.9 cm³/mol. The Hall–Kier alpha value is -2.86. The lowest BCUT2D eigenvalue weighted by atomic mass is 10.2. The van der Waals surface area contributed by atoms with Gasteiger partial charge in [-0.15, -0.1) is 0 Å². The molecular weight excluding hydrogens is 331 g/mol. The van der Waals surface area contributed by atoms with Gasteiger partial charge in [-0.25, -0.2) is 14.4 Å². The summed E-state index contributed by atoms with van der Waals surface area (Å²) >= 11 is 6.23. The number of rotatable bonds is 5. The zero-order valence-electron chi connectivity index (χ0n) is 12.5. The molecule has 0 spiro atoms. The third-order valence-corrected chi connectivity index (χ3v) is 3.47. The molecule has 0 fully saturated rings. The number of hydrogen-bond donors (Lipinski definition) is 2. The first-order valence-corrected chi connectivity index (χ1v) is 7.49. The Morgan fingerprint density at radius 3 is 2.75 bits per heavy atom. The largest absolute Gasteiger partial charge is 0.487 e. The summed E-state index contributed by atoms with van der Waals surface area (Å²) in [4.78, 5) is 7.89. The minimum Gasteiger partial charge on any atom is -0.487 e. The summed E-state index contributed by atoms with van der Waals surface area (Å²) in [5.41, 5.74) is 7.07. The van der Waals surface area contributed by atoms with Gasteiger partial charge in [-0.2, -0.15) is 0 Å². The van der Waals surface area contributed by atoms with Crippen molar-refractivity contribution < 1.29 is 9.13 Å². The van der Waals surface area contributed by atoms with Crippen LogP contribution in [-0.2, 0) is 6.61 Å². The molecule has 0 aliphatic heterocycles. The molecule has 0 saturated heterocycles. The van der Waals surface area contributed by atoms with Crippen LogP contribution in [0.1, 0.15) is 5.56 Å². The smallest absolute Gasteiger partial charge is 0.138 e. The molecule has 3 N–H and O–H groups in total. The van der Waals surface area contributed by atoms with Crippen molar-refractivity contribution in [3.63, 3.8) is 0 Å². The first-order chi connectivity index (χ1) is 11.6. The van der Waals surface area contributed by atoms with E-state index in [1.165, 1.54) is 18.5 Å². The molecule has 0 aliphatic carbocycles. The normalized spacial score (nSPS) is 10.4. The van der Waals surface area contributed by atoms with Crippen molar-refractivity contribution in [2.24, 2.45) is 0 Å². The molecule has 24 heavy (non-hydrogen) atoms. The Labute approximate surface area is 143 Å². The molecule has 1 heterocycles. The number of nitrogen functional groups attached to an aromatic ring is 1. The molecule has 0 bridgehead atoms. The highest BCUT2D eigenvalue weighted by atomic mass is 35.5. The highest BCUT2D eigenvalue weighted by Gasteiger charge is 2.05. The van der Waals surface area contributed by atoms with E-state index in [0.717, 1.165) is 11.3 Å². The summed E-state index contributed by atoms with van der Waals surface area (Å²) in [5.74, 6) is 1.14. The molecule has 1 aromatic heterocycles. The van der Waals surface area contributed by atoms with Gasteiger partial charge < -0.3 is 15.8 Å². The second kappa shape index (κ2) is 7.14. The van der Waals surface area contributed by atoms with E-state index in [1.54, 1.807) is 36.4 Å². The molecular formula is C17H14ClFN4O. The van der Waals surface area contributed by atoms with Gasteiger partial charge in [0.15, 0.2) is 0 Å². The van der Waals surface area contributed by atoms with E-state index in [0.29, 0.717) is 22.4 Å². The summed E-state index contributed by atoms with van der Waals surface area (Å²) in [6.07, 6.45) is 1.37. The van der Waals surface area contributed by atoms with Crippen molar-refractivity contribution in [3.8, 4) is 5.75 Å². The van der Waals surface area contributed by atoms with E-state index in [2.05, 4.69) is 15.3 Å². The van der Waals surface area contributed by atoms with Crippen LogP contribution >= 0.6 is 11.6 Å². The van der Waals surface area contributed by atoms with Crippen molar-refractivity contribution in [1.82, 2.24) is 9.97 Å². The number of halogens is 2. The van der Waals surface area contributed by atoms with Crippen molar-refractivity contribution in [3.05, 3.63) is 71.3 Å². The second-order valence-electron chi connectivity index (χ2n) is 5.02. The van der Waals surface area contributed by atoms with E-state index in [1.807, 2.05) is 0 Å². The van der Waals surface area contributed by atoms with Gasteiger partial charge in [0.1, 0.15) is 36.1 Å². The lowest BCUT2D eigenvalue weighted by molar-refractivity contribution is 0.306. The lowest BCUT2D eigenvalue weighted by Crippen LogP contribution is -1.99. The molecule has 3 rings (SSSR count). The first kappa shape index (κ1) is 16.0. The van der Waals surface area contributed by atoms with Gasteiger partial charge >= 0.3 is 0 Å². The predicted octanol–water partition coefficient (Wildman–Crippen LogP) is 4.17.